The van der Waals surface area contributed by atoms with E-state index in [0.717, 1.165) is 0 Å². The Hall–Kier alpha value is -2.76. The van der Waals surface area contributed by atoms with Crippen LogP contribution >= 0.6 is 11.6 Å². The molecular weight excluding hydrogens is 380 g/mol. The number of methoxy groups -OCH3 is 1. The molecule has 0 fully saturated rings. The average Bonchev–Trinajstić information content (AvgIpc) is 2.62. The van der Waals surface area contributed by atoms with E-state index >= 15 is 0 Å². The molecule has 2 aromatic rings. The molecule has 0 aromatic heterocycles. The predicted octanol–water partition coefficient (Wildman–Crippen LogP) is 2.74. The predicted molar refractivity (Wildman–Crippen MR) is 95.0 cm³/mol. The molecule has 7 nitrogen and oxygen atoms in total. The SMILES string of the molecule is CCOc1c(Cl)cc(C(=O)NS(=O)(=O)c2cccc(C#N)c2)cc1OC. The van der Waals surface area contributed by atoms with Gasteiger partial charge in [-0.25, -0.2) is 13.1 Å². The molecule has 0 saturated carbocycles. The molecule has 0 aliphatic carbocycles. The third kappa shape index (κ3) is 4.25. The Balaban J connectivity index is 2.34. The summed E-state index contributed by atoms with van der Waals surface area (Å²) in [5.74, 6) is -0.429. The number of hydrogen-bond acceptors (Lipinski definition) is 6. The quantitative estimate of drug-likeness (QED) is 0.807. The summed E-state index contributed by atoms with van der Waals surface area (Å²) in [6.45, 7) is 2.10. The van der Waals surface area contributed by atoms with Crippen molar-refractivity contribution in [3.63, 3.8) is 0 Å². The number of carbonyl (C=O) groups excluding carboxylic acids is 1. The zero-order valence-electron chi connectivity index (χ0n) is 13.9. The molecule has 1 amide bonds. The first-order valence-electron chi connectivity index (χ1n) is 7.40. The fraction of sp³-hybridized carbons (Fsp3) is 0.176. The summed E-state index contributed by atoms with van der Waals surface area (Å²) in [7, 11) is -2.78. The Morgan fingerprint density at radius 2 is 2.04 bits per heavy atom. The van der Waals surface area contributed by atoms with E-state index in [1.54, 1.807) is 6.92 Å². The van der Waals surface area contributed by atoms with Gasteiger partial charge in [-0.05, 0) is 37.3 Å². The molecule has 0 heterocycles. The van der Waals surface area contributed by atoms with Crippen molar-refractivity contribution in [1.29, 1.82) is 5.26 Å². The van der Waals surface area contributed by atoms with Gasteiger partial charge in [0, 0.05) is 5.56 Å². The Morgan fingerprint density at radius 3 is 2.65 bits per heavy atom. The molecule has 0 unspecified atom stereocenters. The first-order chi connectivity index (χ1) is 12.3. The number of nitrogens with one attached hydrogen (secondary N) is 1. The average molecular weight is 395 g/mol. The van der Waals surface area contributed by atoms with E-state index in [1.807, 2.05) is 10.8 Å². The molecule has 0 aliphatic rings. The molecule has 0 atom stereocenters. The standard InChI is InChI=1S/C17H15ClN2O5S/c1-3-25-16-14(18)8-12(9-15(16)24-2)17(21)20-26(22,23)13-6-4-5-11(7-13)10-19/h4-9H,3H2,1-2H3,(H,20,21). The van der Waals surface area contributed by atoms with Gasteiger partial charge in [-0.15, -0.1) is 0 Å². The Bertz CT molecular complexity index is 983. The highest BCUT2D eigenvalue weighted by molar-refractivity contribution is 7.90. The highest BCUT2D eigenvalue weighted by Crippen LogP contribution is 2.36. The molecule has 9 heteroatoms. The maximum atomic E-state index is 12.4. The van der Waals surface area contributed by atoms with E-state index in [4.69, 9.17) is 26.3 Å². The van der Waals surface area contributed by atoms with Crippen LogP contribution in [0.25, 0.3) is 0 Å². The number of nitrogens with zero attached hydrogens (tertiary/aromatic N) is 1. The van der Waals surface area contributed by atoms with Crippen molar-refractivity contribution in [2.24, 2.45) is 0 Å². The summed E-state index contributed by atoms with van der Waals surface area (Å²) in [5, 5.41) is 8.98. The van der Waals surface area contributed by atoms with Gasteiger partial charge in [-0.2, -0.15) is 5.26 Å². The number of hydrogen-bond donors (Lipinski definition) is 1. The summed E-state index contributed by atoms with van der Waals surface area (Å²) in [6.07, 6.45) is 0. The van der Waals surface area contributed by atoms with Crippen molar-refractivity contribution in [2.45, 2.75) is 11.8 Å². The number of ether oxygens (including phenoxy) is 2. The largest absolute Gasteiger partial charge is 0.493 e. The molecule has 0 radical (unpaired) electrons. The molecule has 2 aromatic carbocycles. The summed E-state index contributed by atoms with van der Waals surface area (Å²) in [4.78, 5) is 12.2. The van der Waals surface area contributed by atoms with E-state index in [0.29, 0.717) is 6.61 Å². The third-order valence-corrected chi connectivity index (χ3v) is 4.89. The van der Waals surface area contributed by atoms with Crippen LogP contribution < -0.4 is 14.2 Å². The lowest BCUT2D eigenvalue weighted by Gasteiger charge is -2.13. The molecular formula is C17H15ClN2O5S. The van der Waals surface area contributed by atoms with Crippen molar-refractivity contribution in [2.75, 3.05) is 13.7 Å². The van der Waals surface area contributed by atoms with E-state index in [9.17, 15) is 13.2 Å². The Kier molecular flexibility index (Phi) is 6.08. The smallest absolute Gasteiger partial charge is 0.265 e. The number of benzene rings is 2. The van der Waals surface area contributed by atoms with Crippen LogP contribution in [-0.4, -0.2) is 28.0 Å². The first kappa shape index (κ1) is 19.6. The maximum Gasteiger partial charge on any atom is 0.265 e. The van der Waals surface area contributed by atoms with Crippen molar-refractivity contribution in [3.05, 3.63) is 52.5 Å². The van der Waals surface area contributed by atoms with Crippen LogP contribution in [-0.2, 0) is 10.0 Å². The van der Waals surface area contributed by atoms with Gasteiger partial charge in [0.05, 0.1) is 35.3 Å². The molecule has 136 valence electrons. The second kappa shape index (κ2) is 8.08. The highest BCUT2D eigenvalue weighted by atomic mass is 35.5. The second-order valence-corrected chi connectivity index (χ2v) is 7.09. The lowest BCUT2D eigenvalue weighted by atomic mass is 10.2. The number of nitriles is 1. The van der Waals surface area contributed by atoms with Crippen LogP contribution in [0.3, 0.4) is 0 Å². The molecule has 0 saturated heterocycles. The van der Waals surface area contributed by atoms with Gasteiger partial charge in [-0.3, -0.25) is 4.79 Å². The number of amides is 1. The topological polar surface area (TPSA) is 105 Å². The van der Waals surface area contributed by atoms with Crippen LogP contribution in [0.4, 0.5) is 0 Å². The van der Waals surface area contributed by atoms with Crippen molar-refractivity contribution in [3.8, 4) is 17.6 Å². The van der Waals surface area contributed by atoms with Gasteiger partial charge < -0.3 is 9.47 Å². The van der Waals surface area contributed by atoms with Gasteiger partial charge in [0.2, 0.25) is 0 Å². The molecule has 0 spiro atoms. The summed E-state index contributed by atoms with van der Waals surface area (Å²) < 4.78 is 37.2. The minimum atomic E-state index is -4.16. The molecule has 1 N–H and O–H groups in total. The van der Waals surface area contributed by atoms with Crippen LogP contribution in [0.2, 0.25) is 5.02 Å². The maximum absolute atomic E-state index is 12.4. The monoisotopic (exact) mass is 394 g/mol. The lowest BCUT2D eigenvalue weighted by molar-refractivity contribution is 0.0981. The van der Waals surface area contributed by atoms with Gasteiger partial charge >= 0.3 is 0 Å². The van der Waals surface area contributed by atoms with Gasteiger partial charge in [0.1, 0.15) is 0 Å². The highest BCUT2D eigenvalue weighted by Gasteiger charge is 2.21. The van der Waals surface area contributed by atoms with Crippen molar-refractivity contribution in [1.82, 2.24) is 4.72 Å². The van der Waals surface area contributed by atoms with Crippen LogP contribution in [0.15, 0.2) is 41.3 Å². The van der Waals surface area contributed by atoms with Crippen molar-refractivity contribution < 1.29 is 22.7 Å². The second-order valence-electron chi connectivity index (χ2n) is 5.00. The summed E-state index contributed by atoms with van der Waals surface area (Å²) >= 11 is 6.09. The van der Waals surface area contributed by atoms with Gasteiger partial charge in [0.25, 0.3) is 15.9 Å². The van der Waals surface area contributed by atoms with Crippen LogP contribution in [0, 0.1) is 11.3 Å². The Morgan fingerprint density at radius 1 is 1.31 bits per heavy atom. The first-order valence-corrected chi connectivity index (χ1v) is 9.26. The number of rotatable bonds is 6. The van der Waals surface area contributed by atoms with E-state index < -0.39 is 15.9 Å². The molecule has 26 heavy (non-hydrogen) atoms. The fourth-order valence-electron chi connectivity index (χ4n) is 2.11. The Labute approximate surface area is 156 Å². The zero-order valence-corrected chi connectivity index (χ0v) is 15.5. The third-order valence-electron chi connectivity index (χ3n) is 3.28. The van der Waals surface area contributed by atoms with Crippen LogP contribution in [0.1, 0.15) is 22.8 Å². The molecule has 0 bridgehead atoms. The van der Waals surface area contributed by atoms with Crippen LogP contribution in [0.5, 0.6) is 11.5 Å². The number of halogens is 1. The molecule has 2 rings (SSSR count). The zero-order chi connectivity index (χ0) is 19.3. The normalized spacial score (nSPS) is 10.7. The number of sulfonamides is 1. The minimum absolute atomic E-state index is 0.0182. The number of carbonyl (C=O) groups is 1. The van der Waals surface area contributed by atoms with E-state index in [-0.39, 0.29) is 32.5 Å². The fourth-order valence-corrected chi connectivity index (χ4v) is 3.39. The van der Waals surface area contributed by atoms with Gasteiger partial charge in [-0.1, -0.05) is 17.7 Å². The minimum Gasteiger partial charge on any atom is -0.493 e. The summed E-state index contributed by atoms with van der Waals surface area (Å²) in [5.41, 5.74) is 0.140. The summed E-state index contributed by atoms with van der Waals surface area (Å²) in [6, 6.07) is 9.77. The van der Waals surface area contributed by atoms with E-state index in [2.05, 4.69) is 0 Å². The van der Waals surface area contributed by atoms with E-state index in [1.165, 1.54) is 43.5 Å². The lowest BCUT2D eigenvalue weighted by Crippen LogP contribution is -2.30. The van der Waals surface area contributed by atoms with Gasteiger partial charge in [0.15, 0.2) is 11.5 Å². The molecule has 0 aliphatic heterocycles. The van der Waals surface area contributed by atoms with Crippen molar-refractivity contribution >= 4 is 27.5 Å².